The maximum Gasteiger partial charge on any atom is 0.309 e. The van der Waals surface area contributed by atoms with Crippen LogP contribution in [-0.4, -0.2) is 21.8 Å². The monoisotopic (exact) mass is 372 g/mol. The molecule has 4 atom stereocenters. The lowest BCUT2D eigenvalue weighted by Crippen LogP contribution is -2.67. The van der Waals surface area contributed by atoms with Crippen LogP contribution in [0.4, 0.5) is 0 Å². The van der Waals surface area contributed by atoms with Gasteiger partial charge in [0.05, 0.1) is 11.0 Å². The van der Waals surface area contributed by atoms with Crippen molar-refractivity contribution < 1.29 is 15.0 Å². The minimum Gasteiger partial charge on any atom is -0.481 e. The molecule has 0 aliphatic heterocycles. The summed E-state index contributed by atoms with van der Waals surface area (Å²) in [5, 5.41) is 21.4. The average Bonchev–Trinajstić information content (AvgIpc) is 2.51. The summed E-state index contributed by atoms with van der Waals surface area (Å²) in [6.07, 6.45) is 14.3. The number of carboxylic acid groups (broad SMARTS) is 1. The lowest BCUT2D eigenvalue weighted by molar-refractivity contribution is -0.264. The Hall–Kier alpha value is -0.570. The summed E-state index contributed by atoms with van der Waals surface area (Å²) in [6, 6.07) is 0. The predicted octanol–water partition coefficient (Wildman–Crippen LogP) is 5.02. The highest BCUT2D eigenvalue weighted by atomic mass is 16.4. The number of carboxylic acids is 1. The molecule has 8 rings (SSSR count). The van der Waals surface area contributed by atoms with Crippen LogP contribution in [0.15, 0.2) is 0 Å². The largest absolute Gasteiger partial charge is 0.481 e. The van der Waals surface area contributed by atoms with Crippen molar-refractivity contribution in [3.05, 3.63) is 0 Å². The molecule has 0 heterocycles. The fraction of sp³-hybridized carbons (Fsp3) is 0.958. The number of hydrogen-bond acceptors (Lipinski definition) is 2. The van der Waals surface area contributed by atoms with E-state index in [0.29, 0.717) is 17.3 Å². The molecule has 3 nitrogen and oxygen atoms in total. The lowest BCUT2D eigenvalue weighted by atomic mass is 9.30. The van der Waals surface area contributed by atoms with Gasteiger partial charge in [0.15, 0.2) is 0 Å². The van der Waals surface area contributed by atoms with Gasteiger partial charge in [0.1, 0.15) is 0 Å². The van der Waals surface area contributed by atoms with Crippen molar-refractivity contribution in [1.29, 1.82) is 0 Å². The van der Waals surface area contributed by atoms with E-state index >= 15 is 0 Å². The smallest absolute Gasteiger partial charge is 0.309 e. The molecule has 4 unspecified atom stereocenters. The molecule has 0 amide bonds. The molecular formula is C24H36O3. The summed E-state index contributed by atoms with van der Waals surface area (Å²) in [5.74, 6) is 2.34. The SMILES string of the molecule is CC(C)(O)C12CC3CC(C1)CC(C14CC5CC(CC(C(=O)O)(C5)C1)C4)(C3)C2. The first-order chi connectivity index (χ1) is 12.6. The van der Waals surface area contributed by atoms with Gasteiger partial charge in [-0.25, -0.2) is 0 Å². The highest BCUT2D eigenvalue weighted by Gasteiger charge is 2.72. The molecule has 8 aliphatic rings. The first-order valence-electron chi connectivity index (χ1n) is 11.5. The Bertz CT molecular complexity index is 673. The summed E-state index contributed by atoms with van der Waals surface area (Å²) in [4.78, 5) is 12.4. The minimum absolute atomic E-state index is 0.0802. The van der Waals surface area contributed by atoms with Gasteiger partial charge in [0.25, 0.3) is 0 Å². The van der Waals surface area contributed by atoms with Crippen molar-refractivity contribution in [2.45, 2.75) is 96.5 Å². The summed E-state index contributed by atoms with van der Waals surface area (Å²) < 4.78 is 0. The Balaban J connectivity index is 1.46. The minimum atomic E-state index is -0.608. The van der Waals surface area contributed by atoms with Gasteiger partial charge in [-0.1, -0.05) is 0 Å². The molecule has 0 aromatic heterocycles. The Morgan fingerprint density at radius 3 is 1.67 bits per heavy atom. The maximum atomic E-state index is 12.4. The molecule has 3 heteroatoms. The molecule has 2 N–H and O–H groups in total. The summed E-state index contributed by atoms with van der Waals surface area (Å²) in [6.45, 7) is 4.12. The molecule has 8 aliphatic carbocycles. The van der Waals surface area contributed by atoms with Gasteiger partial charge >= 0.3 is 5.97 Å². The van der Waals surface area contributed by atoms with Crippen LogP contribution in [0.5, 0.6) is 0 Å². The first kappa shape index (κ1) is 17.3. The van der Waals surface area contributed by atoms with E-state index < -0.39 is 17.0 Å². The zero-order valence-corrected chi connectivity index (χ0v) is 17.1. The standard InChI is InChI=1S/C24H36O3/c1-20(2,27)22-7-17-4-18(8-22)12-24(11-17,14-22)23-9-15-3-16(10-23)6-21(5-15,13-23)19(25)26/h15-18,27H,3-14H2,1-2H3,(H,25,26). The van der Waals surface area contributed by atoms with E-state index in [4.69, 9.17) is 0 Å². The summed E-state index contributed by atoms with van der Waals surface area (Å²) >= 11 is 0. The number of carbonyl (C=O) groups is 1. The molecule has 0 radical (unpaired) electrons. The maximum absolute atomic E-state index is 12.4. The predicted molar refractivity (Wildman–Crippen MR) is 103 cm³/mol. The van der Waals surface area contributed by atoms with E-state index in [1.54, 1.807) is 0 Å². The first-order valence-corrected chi connectivity index (χ1v) is 11.5. The van der Waals surface area contributed by atoms with Gasteiger partial charge in [0, 0.05) is 0 Å². The zero-order valence-electron chi connectivity index (χ0n) is 17.1. The lowest BCUT2D eigenvalue weighted by Gasteiger charge is -2.74. The van der Waals surface area contributed by atoms with Crippen molar-refractivity contribution in [2.75, 3.05) is 0 Å². The van der Waals surface area contributed by atoms with E-state index in [1.807, 2.05) is 0 Å². The van der Waals surface area contributed by atoms with E-state index in [2.05, 4.69) is 13.8 Å². The summed E-state index contributed by atoms with van der Waals surface area (Å²) in [7, 11) is 0. The van der Waals surface area contributed by atoms with Gasteiger partial charge in [-0.3, -0.25) is 4.79 Å². The van der Waals surface area contributed by atoms with Crippen LogP contribution >= 0.6 is 0 Å². The molecule has 8 fully saturated rings. The van der Waals surface area contributed by atoms with Crippen molar-refractivity contribution in [3.63, 3.8) is 0 Å². The van der Waals surface area contributed by atoms with Crippen LogP contribution in [0, 0.1) is 45.3 Å². The zero-order chi connectivity index (χ0) is 18.9. The topological polar surface area (TPSA) is 57.5 Å². The molecule has 27 heavy (non-hydrogen) atoms. The van der Waals surface area contributed by atoms with Crippen LogP contribution in [0.2, 0.25) is 0 Å². The summed E-state index contributed by atoms with van der Waals surface area (Å²) in [5.41, 5.74) is -0.381. The van der Waals surface area contributed by atoms with Crippen LogP contribution in [-0.2, 0) is 4.79 Å². The molecule has 8 saturated carbocycles. The molecular weight excluding hydrogens is 336 g/mol. The van der Waals surface area contributed by atoms with Gasteiger partial charge in [0.2, 0.25) is 0 Å². The molecule has 0 spiro atoms. The van der Waals surface area contributed by atoms with E-state index in [0.717, 1.165) is 31.1 Å². The number of aliphatic hydroxyl groups is 1. The second-order valence-electron chi connectivity index (χ2n) is 12.9. The Morgan fingerprint density at radius 2 is 1.22 bits per heavy atom. The normalized spacial score (nSPS) is 58.0. The van der Waals surface area contributed by atoms with Gasteiger partial charge in [-0.2, -0.15) is 0 Å². The van der Waals surface area contributed by atoms with Crippen LogP contribution in [0.25, 0.3) is 0 Å². The molecule has 8 bridgehead atoms. The Morgan fingerprint density at radius 1 is 0.778 bits per heavy atom. The second kappa shape index (κ2) is 4.77. The van der Waals surface area contributed by atoms with E-state index in [-0.39, 0.29) is 10.8 Å². The van der Waals surface area contributed by atoms with Gasteiger partial charge in [-0.05, 0) is 131 Å². The molecule has 0 saturated heterocycles. The third-order valence-electron chi connectivity index (χ3n) is 11.0. The third kappa shape index (κ3) is 2.01. The van der Waals surface area contributed by atoms with Crippen LogP contribution < -0.4 is 0 Å². The molecule has 150 valence electrons. The van der Waals surface area contributed by atoms with Crippen molar-refractivity contribution in [3.8, 4) is 0 Å². The van der Waals surface area contributed by atoms with Crippen molar-refractivity contribution >= 4 is 5.97 Å². The highest BCUT2D eigenvalue weighted by molar-refractivity contribution is 5.75. The van der Waals surface area contributed by atoms with Crippen molar-refractivity contribution in [2.24, 2.45) is 45.3 Å². The van der Waals surface area contributed by atoms with Crippen LogP contribution in [0.3, 0.4) is 0 Å². The molecule has 0 aromatic carbocycles. The fourth-order valence-electron chi connectivity index (χ4n) is 10.7. The van der Waals surface area contributed by atoms with Crippen LogP contribution in [0.1, 0.15) is 90.9 Å². The van der Waals surface area contributed by atoms with Crippen molar-refractivity contribution in [1.82, 2.24) is 0 Å². The fourth-order valence-corrected chi connectivity index (χ4v) is 10.7. The highest BCUT2D eigenvalue weighted by Crippen LogP contribution is 2.79. The van der Waals surface area contributed by atoms with Gasteiger partial charge < -0.3 is 10.2 Å². The molecule has 0 aromatic rings. The average molecular weight is 373 g/mol. The Labute approximate surface area is 163 Å². The quantitative estimate of drug-likeness (QED) is 0.732. The van der Waals surface area contributed by atoms with Gasteiger partial charge in [-0.15, -0.1) is 0 Å². The number of rotatable bonds is 3. The number of hydrogen-bond donors (Lipinski definition) is 2. The van der Waals surface area contributed by atoms with E-state index in [1.165, 1.54) is 57.8 Å². The Kier molecular flexibility index (Phi) is 3.05. The third-order valence-corrected chi connectivity index (χ3v) is 11.0. The van der Waals surface area contributed by atoms with E-state index in [9.17, 15) is 15.0 Å². The number of aliphatic carboxylic acids is 1. The second-order valence-corrected chi connectivity index (χ2v) is 12.9.